The second kappa shape index (κ2) is 8.78. The standard InChI is InChI=1S/C26H22F3N3O2/c1-25(2,18-8-4-3-5-9-18)16-22(33)30-32-24(34)21-11-7-6-10-20(21)23(31-32)17-12-14-19(15-13-17)26(27,28)29/h3-15H,16H2,1-2H3,(H,30,33). The number of nitrogens with zero attached hydrogens (tertiary/aromatic N) is 2. The molecule has 0 saturated heterocycles. The number of hydrogen-bond donors (Lipinski definition) is 1. The van der Waals surface area contributed by atoms with Gasteiger partial charge in [0.2, 0.25) is 5.91 Å². The third kappa shape index (κ3) is 4.71. The molecular weight excluding hydrogens is 443 g/mol. The Hall–Kier alpha value is -3.94. The fourth-order valence-corrected chi connectivity index (χ4v) is 3.85. The number of carbonyl (C=O) groups excluding carboxylic acids is 1. The Kier molecular flexibility index (Phi) is 6.00. The highest BCUT2D eigenvalue weighted by molar-refractivity contribution is 5.94. The number of amides is 1. The lowest BCUT2D eigenvalue weighted by atomic mass is 9.81. The molecule has 1 heterocycles. The Labute approximate surface area is 193 Å². The molecule has 0 fully saturated rings. The molecule has 174 valence electrons. The van der Waals surface area contributed by atoms with E-state index in [1.807, 2.05) is 44.2 Å². The number of halogens is 3. The highest BCUT2D eigenvalue weighted by Gasteiger charge is 2.30. The first kappa shape index (κ1) is 23.2. The lowest BCUT2D eigenvalue weighted by molar-refractivity contribution is -0.137. The molecule has 0 aliphatic rings. The van der Waals surface area contributed by atoms with Gasteiger partial charge in [-0.1, -0.05) is 74.5 Å². The van der Waals surface area contributed by atoms with Crippen molar-refractivity contribution in [1.82, 2.24) is 9.89 Å². The van der Waals surface area contributed by atoms with E-state index in [2.05, 4.69) is 10.5 Å². The summed E-state index contributed by atoms with van der Waals surface area (Å²) in [5.41, 5.74) is 2.37. The molecule has 4 rings (SSSR count). The zero-order chi connectivity index (χ0) is 24.5. The van der Waals surface area contributed by atoms with E-state index in [4.69, 9.17) is 0 Å². The predicted octanol–water partition coefficient (Wildman–Crippen LogP) is 5.52. The molecule has 0 aliphatic heterocycles. The van der Waals surface area contributed by atoms with Gasteiger partial charge in [0.05, 0.1) is 10.9 Å². The Morgan fingerprint density at radius 1 is 0.853 bits per heavy atom. The van der Waals surface area contributed by atoms with Crippen molar-refractivity contribution in [2.45, 2.75) is 31.9 Å². The second-order valence-corrected chi connectivity index (χ2v) is 8.65. The number of rotatable bonds is 5. The number of aromatic nitrogens is 2. The van der Waals surface area contributed by atoms with Gasteiger partial charge >= 0.3 is 6.18 Å². The maximum absolute atomic E-state index is 13.0. The summed E-state index contributed by atoms with van der Waals surface area (Å²) in [4.78, 5) is 26.7. The van der Waals surface area contributed by atoms with Gasteiger partial charge in [0.25, 0.3) is 5.56 Å². The number of nitrogens with one attached hydrogen (secondary N) is 1. The number of benzene rings is 3. The molecule has 0 saturated carbocycles. The van der Waals surface area contributed by atoms with E-state index in [-0.39, 0.29) is 17.5 Å². The van der Waals surface area contributed by atoms with Crippen molar-refractivity contribution in [2.75, 3.05) is 5.43 Å². The van der Waals surface area contributed by atoms with Crippen LogP contribution in [0.5, 0.6) is 0 Å². The van der Waals surface area contributed by atoms with Gasteiger partial charge in [-0.05, 0) is 29.2 Å². The van der Waals surface area contributed by atoms with Crippen LogP contribution >= 0.6 is 0 Å². The monoisotopic (exact) mass is 465 g/mol. The molecule has 1 N–H and O–H groups in total. The highest BCUT2D eigenvalue weighted by Crippen LogP contribution is 2.32. The van der Waals surface area contributed by atoms with Gasteiger partial charge in [0.1, 0.15) is 5.69 Å². The van der Waals surface area contributed by atoms with E-state index in [9.17, 15) is 22.8 Å². The molecule has 3 aromatic carbocycles. The summed E-state index contributed by atoms with van der Waals surface area (Å²) in [7, 11) is 0. The minimum Gasteiger partial charge on any atom is -0.273 e. The van der Waals surface area contributed by atoms with Crippen molar-refractivity contribution in [3.05, 3.63) is 100 Å². The normalized spacial score (nSPS) is 12.0. The largest absolute Gasteiger partial charge is 0.416 e. The molecule has 1 aromatic heterocycles. The molecule has 8 heteroatoms. The third-order valence-corrected chi connectivity index (χ3v) is 5.68. The summed E-state index contributed by atoms with van der Waals surface area (Å²) in [5.74, 6) is -0.419. The predicted molar refractivity (Wildman–Crippen MR) is 125 cm³/mol. The minimum atomic E-state index is -4.47. The molecular formula is C26H22F3N3O2. The van der Waals surface area contributed by atoms with E-state index in [1.54, 1.807) is 24.3 Å². The molecule has 0 unspecified atom stereocenters. The second-order valence-electron chi connectivity index (χ2n) is 8.65. The fraction of sp³-hybridized carbons (Fsp3) is 0.192. The minimum absolute atomic E-state index is 0.0908. The number of fused-ring (bicyclic) bond motifs is 1. The zero-order valence-corrected chi connectivity index (χ0v) is 18.6. The van der Waals surface area contributed by atoms with Crippen LogP contribution in [0.15, 0.2) is 83.7 Å². The van der Waals surface area contributed by atoms with Crippen LogP contribution in [0.2, 0.25) is 0 Å². The summed E-state index contributed by atoms with van der Waals surface area (Å²) >= 11 is 0. The molecule has 0 aliphatic carbocycles. The Morgan fingerprint density at radius 3 is 2.06 bits per heavy atom. The molecule has 4 aromatic rings. The number of hydrogen-bond acceptors (Lipinski definition) is 3. The van der Waals surface area contributed by atoms with Crippen LogP contribution in [0.4, 0.5) is 13.2 Å². The molecule has 1 amide bonds. The molecule has 0 spiro atoms. The smallest absolute Gasteiger partial charge is 0.273 e. The van der Waals surface area contributed by atoms with Crippen molar-refractivity contribution in [3.8, 4) is 11.3 Å². The topological polar surface area (TPSA) is 64.0 Å². The first-order valence-corrected chi connectivity index (χ1v) is 10.6. The van der Waals surface area contributed by atoms with Gasteiger partial charge in [-0.25, -0.2) is 5.43 Å². The Balaban J connectivity index is 1.71. The van der Waals surface area contributed by atoms with E-state index < -0.39 is 28.6 Å². The van der Waals surface area contributed by atoms with Gasteiger partial charge < -0.3 is 0 Å². The lowest BCUT2D eigenvalue weighted by Gasteiger charge is -2.24. The number of alkyl halides is 3. The number of carbonyl (C=O) groups is 1. The van der Waals surface area contributed by atoms with Crippen LogP contribution in [-0.2, 0) is 16.4 Å². The van der Waals surface area contributed by atoms with Crippen molar-refractivity contribution in [1.29, 1.82) is 0 Å². The fourth-order valence-electron chi connectivity index (χ4n) is 3.85. The van der Waals surface area contributed by atoms with Crippen LogP contribution in [0.1, 0.15) is 31.4 Å². The van der Waals surface area contributed by atoms with Crippen LogP contribution in [0.25, 0.3) is 22.0 Å². The van der Waals surface area contributed by atoms with Crippen LogP contribution in [-0.4, -0.2) is 15.8 Å². The van der Waals surface area contributed by atoms with Crippen LogP contribution in [0.3, 0.4) is 0 Å². The first-order chi connectivity index (χ1) is 16.1. The Bertz CT molecular complexity index is 1390. The third-order valence-electron chi connectivity index (χ3n) is 5.68. The van der Waals surface area contributed by atoms with Gasteiger partial charge in [0, 0.05) is 17.4 Å². The van der Waals surface area contributed by atoms with E-state index in [1.165, 1.54) is 12.1 Å². The lowest BCUT2D eigenvalue weighted by Crippen LogP contribution is -2.38. The molecule has 0 bridgehead atoms. The van der Waals surface area contributed by atoms with Crippen molar-refractivity contribution in [3.63, 3.8) is 0 Å². The maximum atomic E-state index is 13.0. The summed E-state index contributed by atoms with van der Waals surface area (Å²) in [6, 6.07) is 20.7. The van der Waals surface area contributed by atoms with Crippen molar-refractivity contribution >= 4 is 16.7 Å². The van der Waals surface area contributed by atoms with Gasteiger partial charge in [-0.3, -0.25) is 9.59 Å². The Morgan fingerprint density at radius 2 is 1.44 bits per heavy atom. The SMILES string of the molecule is CC(C)(CC(=O)Nn1nc(-c2ccc(C(F)(F)F)cc2)c2ccccc2c1=O)c1ccccc1. The maximum Gasteiger partial charge on any atom is 0.416 e. The highest BCUT2D eigenvalue weighted by atomic mass is 19.4. The van der Waals surface area contributed by atoms with E-state index >= 15 is 0 Å². The van der Waals surface area contributed by atoms with E-state index in [0.29, 0.717) is 10.9 Å². The molecule has 34 heavy (non-hydrogen) atoms. The molecule has 0 radical (unpaired) electrons. The molecule has 0 atom stereocenters. The molecule has 5 nitrogen and oxygen atoms in total. The average Bonchev–Trinajstić information content (AvgIpc) is 2.81. The van der Waals surface area contributed by atoms with Crippen molar-refractivity contribution in [2.24, 2.45) is 0 Å². The zero-order valence-electron chi connectivity index (χ0n) is 18.6. The van der Waals surface area contributed by atoms with Crippen LogP contribution < -0.4 is 11.0 Å². The summed E-state index contributed by atoms with van der Waals surface area (Å²) < 4.78 is 39.0. The van der Waals surface area contributed by atoms with Gasteiger partial charge in [-0.15, -0.1) is 9.89 Å². The summed E-state index contributed by atoms with van der Waals surface area (Å²) in [5, 5.41) is 5.06. The van der Waals surface area contributed by atoms with Gasteiger partial charge in [0.15, 0.2) is 0 Å². The average molecular weight is 465 g/mol. The summed E-state index contributed by atoms with van der Waals surface area (Å²) in [6.45, 7) is 3.85. The van der Waals surface area contributed by atoms with E-state index in [0.717, 1.165) is 22.5 Å². The van der Waals surface area contributed by atoms with Crippen molar-refractivity contribution < 1.29 is 18.0 Å². The quantitative estimate of drug-likeness (QED) is 0.422. The summed E-state index contributed by atoms with van der Waals surface area (Å²) in [6.07, 6.45) is -4.38. The van der Waals surface area contributed by atoms with Crippen LogP contribution in [0, 0.1) is 0 Å². The first-order valence-electron chi connectivity index (χ1n) is 10.6. The van der Waals surface area contributed by atoms with Gasteiger partial charge in [-0.2, -0.15) is 13.2 Å².